The Balaban J connectivity index is 1.32. The molecule has 0 atom stereocenters. The number of anilines is 1. The first-order chi connectivity index (χ1) is 17.6. The number of hydrogen-bond donors (Lipinski definition) is 2. The molecule has 0 radical (unpaired) electrons. The summed E-state index contributed by atoms with van der Waals surface area (Å²) in [5.74, 6) is -2.69. The Bertz CT molecular complexity index is 1190. The molecule has 3 N–H and O–H groups in total. The number of aromatic nitrogens is 1. The molecule has 0 amide bonds. The fourth-order valence-corrected chi connectivity index (χ4v) is 3.75. The van der Waals surface area contributed by atoms with Crippen LogP contribution >= 0.6 is 0 Å². The fraction of sp³-hybridized carbons (Fsp3) is 0.440. The SMILES string of the molecule is CC1(C)OCC(CON=C2CN(c3ncc(-c4cccc(COC(=O)CC(=N)N)c4F)cc3F)C2)CO1. The second-order valence-corrected chi connectivity index (χ2v) is 9.37. The van der Waals surface area contributed by atoms with Crippen LogP contribution in [0.15, 0.2) is 35.6 Å². The average Bonchev–Trinajstić information content (AvgIpc) is 2.81. The quantitative estimate of drug-likeness (QED) is 0.225. The molecule has 4 rings (SSSR count). The Kier molecular flexibility index (Phi) is 7.98. The smallest absolute Gasteiger partial charge is 0.313 e. The highest BCUT2D eigenvalue weighted by atomic mass is 19.1. The van der Waals surface area contributed by atoms with Gasteiger partial charge in [0.2, 0.25) is 0 Å². The molecule has 1 aromatic heterocycles. The average molecular weight is 518 g/mol. The minimum absolute atomic E-state index is 0.0895. The van der Waals surface area contributed by atoms with E-state index in [1.54, 1.807) is 11.0 Å². The first kappa shape index (κ1) is 26.4. The van der Waals surface area contributed by atoms with Crippen LogP contribution in [0.5, 0.6) is 0 Å². The lowest BCUT2D eigenvalue weighted by Gasteiger charge is -2.35. The van der Waals surface area contributed by atoms with Crippen LogP contribution in [0.1, 0.15) is 25.8 Å². The second kappa shape index (κ2) is 11.2. The molecule has 0 saturated carbocycles. The molecule has 0 unspecified atom stereocenters. The van der Waals surface area contributed by atoms with Crippen LogP contribution in [0.2, 0.25) is 0 Å². The van der Waals surface area contributed by atoms with Crippen molar-refractivity contribution in [1.82, 2.24) is 4.98 Å². The van der Waals surface area contributed by atoms with E-state index in [9.17, 15) is 9.18 Å². The van der Waals surface area contributed by atoms with E-state index >= 15 is 4.39 Å². The summed E-state index contributed by atoms with van der Waals surface area (Å²) >= 11 is 0. The molecule has 2 aliphatic rings. The van der Waals surface area contributed by atoms with Gasteiger partial charge in [-0.05, 0) is 19.9 Å². The molecule has 3 heterocycles. The van der Waals surface area contributed by atoms with Crippen molar-refractivity contribution in [3.8, 4) is 11.1 Å². The van der Waals surface area contributed by atoms with Gasteiger partial charge >= 0.3 is 5.97 Å². The van der Waals surface area contributed by atoms with E-state index in [0.29, 0.717) is 32.9 Å². The summed E-state index contributed by atoms with van der Waals surface area (Å²) in [6, 6.07) is 5.73. The summed E-state index contributed by atoms with van der Waals surface area (Å²) in [6.45, 7) is 5.53. The third kappa shape index (κ3) is 6.77. The van der Waals surface area contributed by atoms with Crippen LogP contribution in [0.25, 0.3) is 11.1 Å². The Morgan fingerprint density at radius 3 is 2.70 bits per heavy atom. The van der Waals surface area contributed by atoms with Gasteiger partial charge in [-0.3, -0.25) is 10.2 Å². The van der Waals surface area contributed by atoms with Gasteiger partial charge in [-0.25, -0.2) is 13.8 Å². The van der Waals surface area contributed by atoms with Gasteiger partial charge in [0.1, 0.15) is 31.3 Å². The summed E-state index contributed by atoms with van der Waals surface area (Å²) in [5.41, 5.74) is 6.39. The lowest BCUT2D eigenvalue weighted by molar-refractivity contribution is -0.266. The third-order valence-corrected chi connectivity index (χ3v) is 5.82. The van der Waals surface area contributed by atoms with Crippen molar-refractivity contribution in [1.29, 1.82) is 5.41 Å². The van der Waals surface area contributed by atoms with E-state index < -0.39 is 23.4 Å². The Hall–Kier alpha value is -3.64. The van der Waals surface area contributed by atoms with Gasteiger partial charge in [0.15, 0.2) is 17.4 Å². The largest absolute Gasteiger partial charge is 0.460 e. The highest BCUT2D eigenvalue weighted by Gasteiger charge is 2.30. The molecular weight excluding hydrogens is 488 g/mol. The second-order valence-electron chi connectivity index (χ2n) is 9.37. The maximum absolute atomic E-state index is 15.0. The van der Waals surface area contributed by atoms with Crippen LogP contribution in [0, 0.1) is 23.0 Å². The monoisotopic (exact) mass is 517 g/mol. The number of esters is 1. The van der Waals surface area contributed by atoms with Gasteiger partial charge in [0.05, 0.1) is 32.0 Å². The molecule has 2 aromatic rings. The van der Waals surface area contributed by atoms with Gasteiger partial charge < -0.3 is 29.7 Å². The van der Waals surface area contributed by atoms with Crippen molar-refractivity contribution in [2.75, 3.05) is 37.8 Å². The minimum atomic E-state index is -0.738. The molecule has 12 heteroatoms. The molecule has 0 spiro atoms. The summed E-state index contributed by atoms with van der Waals surface area (Å²) in [6.07, 6.45) is 1.01. The molecular formula is C25H29F2N5O5. The van der Waals surface area contributed by atoms with Gasteiger partial charge in [0, 0.05) is 28.8 Å². The molecule has 198 valence electrons. The molecule has 2 saturated heterocycles. The summed E-state index contributed by atoms with van der Waals surface area (Å²) in [7, 11) is 0. The Morgan fingerprint density at radius 2 is 2.03 bits per heavy atom. The number of nitrogens with one attached hydrogen (secondary N) is 1. The maximum Gasteiger partial charge on any atom is 0.313 e. The molecule has 2 aliphatic heterocycles. The van der Waals surface area contributed by atoms with E-state index in [2.05, 4.69) is 10.1 Å². The summed E-state index contributed by atoms with van der Waals surface area (Å²) in [4.78, 5) is 22.9. The zero-order valence-corrected chi connectivity index (χ0v) is 20.6. The van der Waals surface area contributed by atoms with Crippen LogP contribution < -0.4 is 10.6 Å². The number of nitrogens with two attached hydrogens (primary N) is 1. The van der Waals surface area contributed by atoms with Gasteiger partial charge in [-0.2, -0.15) is 0 Å². The van der Waals surface area contributed by atoms with E-state index in [1.165, 1.54) is 24.4 Å². The van der Waals surface area contributed by atoms with E-state index in [0.717, 1.165) is 5.71 Å². The van der Waals surface area contributed by atoms with Crippen LogP contribution in [-0.4, -0.2) is 61.2 Å². The number of carbonyl (C=O) groups excluding carboxylic acids is 1. The highest BCUT2D eigenvalue weighted by molar-refractivity contribution is 5.99. The molecule has 0 aliphatic carbocycles. The van der Waals surface area contributed by atoms with Crippen molar-refractivity contribution in [2.45, 2.75) is 32.7 Å². The summed E-state index contributed by atoms with van der Waals surface area (Å²) in [5, 5.41) is 11.2. The van der Waals surface area contributed by atoms with Gasteiger partial charge in [-0.1, -0.05) is 23.4 Å². The zero-order valence-electron chi connectivity index (χ0n) is 20.6. The summed E-state index contributed by atoms with van der Waals surface area (Å²) < 4.78 is 46.0. The van der Waals surface area contributed by atoms with Crippen LogP contribution in [-0.2, 0) is 30.4 Å². The van der Waals surface area contributed by atoms with Crippen molar-refractivity contribution in [3.63, 3.8) is 0 Å². The number of halogens is 2. The lowest BCUT2D eigenvalue weighted by Crippen LogP contribution is -2.48. The molecule has 1 aromatic carbocycles. The van der Waals surface area contributed by atoms with Crippen LogP contribution in [0.4, 0.5) is 14.6 Å². The van der Waals surface area contributed by atoms with Crippen molar-refractivity contribution in [3.05, 3.63) is 47.7 Å². The van der Waals surface area contributed by atoms with E-state index in [1.807, 2.05) is 13.8 Å². The van der Waals surface area contributed by atoms with Crippen molar-refractivity contribution < 1.29 is 32.6 Å². The maximum atomic E-state index is 15.0. The number of amidine groups is 1. The molecule has 0 bridgehead atoms. The highest BCUT2D eigenvalue weighted by Crippen LogP contribution is 2.29. The Morgan fingerprint density at radius 1 is 1.30 bits per heavy atom. The number of ether oxygens (including phenoxy) is 3. The first-order valence-corrected chi connectivity index (χ1v) is 11.7. The number of benzene rings is 1. The molecule has 37 heavy (non-hydrogen) atoms. The number of nitrogens with zero attached hydrogens (tertiary/aromatic N) is 3. The van der Waals surface area contributed by atoms with Crippen molar-refractivity contribution >= 4 is 23.3 Å². The lowest BCUT2D eigenvalue weighted by atomic mass is 10.0. The number of carbonyl (C=O) groups is 1. The Labute approximate surface area is 212 Å². The number of oxime groups is 1. The normalized spacial score (nSPS) is 17.2. The molecule has 2 fully saturated rings. The van der Waals surface area contributed by atoms with Gasteiger partial charge in [0.25, 0.3) is 0 Å². The number of pyridine rings is 1. The number of hydrogen-bond acceptors (Lipinski definition) is 9. The topological polar surface area (TPSA) is 132 Å². The predicted molar refractivity (Wildman–Crippen MR) is 131 cm³/mol. The van der Waals surface area contributed by atoms with E-state index in [-0.39, 0.29) is 47.3 Å². The van der Waals surface area contributed by atoms with Crippen LogP contribution in [0.3, 0.4) is 0 Å². The third-order valence-electron chi connectivity index (χ3n) is 5.82. The first-order valence-electron chi connectivity index (χ1n) is 11.7. The minimum Gasteiger partial charge on any atom is -0.460 e. The van der Waals surface area contributed by atoms with Crippen molar-refractivity contribution in [2.24, 2.45) is 16.8 Å². The number of rotatable bonds is 9. The molecule has 10 nitrogen and oxygen atoms in total. The van der Waals surface area contributed by atoms with Gasteiger partial charge in [-0.15, -0.1) is 0 Å². The van der Waals surface area contributed by atoms with E-state index in [4.69, 9.17) is 30.2 Å². The zero-order chi connectivity index (χ0) is 26.6. The standard InChI is InChI=1S/C25H29F2N5O5/c1-25(2)35-11-15(12-36-25)13-37-31-18-9-32(10-18)24-20(26)6-17(8-30-24)19-5-3-4-16(23(19)27)14-34-22(33)7-21(28)29/h3-6,8,15H,7,9-14H2,1-2H3,(H3,28,29). The fourth-order valence-electron chi connectivity index (χ4n) is 3.75. The predicted octanol–water partition coefficient (Wildman–Crippen LogP) is 2.99.